The molecule has 0 fully saturated rings. The van der Waals surface area contributed by atoms with E-state index in [-0.39, 0.29) is 18.1 Å². The summed E-state index contributed by atoms with van der Waals surface area (Å²) in [6.45, 7) is 4.33. The van der Waals surface area contributed by atoms with Crippen LogP contribution < -0.4 is 4.74 Å². The van der Waals surface area contributed by atoms with Crippen molar-refractivity contribution in [3.8, 4) is 11.8 Å². The zero-order valence-corrected chi connectivity index (χ0v) is 10.3. The number of nitriles is 1. The lowest BCUT2D eigenvalue weighted by Crippen LogP contribution is -2.14. The molecule has 0 spiro atoms. The lowest BCUT2D eigenvalue weighted by atomic mass is 9.92. The molecule has 90 valence electrons. The van der Waals surface area contributed by atoms with Gasteiger partial charge in [0, 0.05) is 12.3 Å². The zero-order chi connectivity index (χ0) is 12.7. The molecule has 3 nitrogen and oxygen atoms in total. The molecule has 0 amide bonds. The number of rotatable bonds is 6. The third kappa shape index (κ3) is 3.32. The maximum atomic E-state index is 12.2. The van der Waals surface area contributed by atoms with Gasteiger partial charge in [-0.15, -0.1) is 0 Å². The molecule has 0 N–H and O–H groups in total. The van der Waals surface area contributed by atoms with E-state index in [0.29, 0.717) is 24.3 Å². The van der Waals surface area contributed by atoms with Gasteiger partial charge in [-0.1, -0.05) is 19.1 Å². The number of carbonyl (C=O) groups is 1. The van der Waals surface area contributed by atoms with Crippen molar-refractivity contribution in [2.45, 2.75) is 26.7 Å². The highest BCUT2D eigenvalue weighted by molar-refractivity contribution is 6.00. The minimum atomic E-state index is -0.235. The number of para-hydroxylation sites is 1. The van der Waals surface area contributed by atoms with Crippen LogP contribution in [-0.4, -0.2) is 12.4 Å². The average Bonchev–Trinajstić information content (AvgIpc) is 2.36. The standard InChI is InChI=1S/C14H17NO2/c1-3-11(9-10-15)14(16)12-7-5-6-8-13(12)17-4-2/h5-8,11H,3-4,9H2,1-2H3. The number of ether oxygens (including phenoxy) is 1. The minimum Gasteiger partial charge on any atom is -0.493 e. The van der Waals surface area contributed by atoms with Gasteiger partial charge in [-0.2, -0.15) is 5.26 Å². The smallest absolute Gasteiger partial charge is 0.170 e. The molecule has 0 aliphatic heterocycles. The van der Waals surface area contributed by atoms with Gasteiger partial charge in [-0.3, -0.25) is 4.79 Å². The molecule has 1 aromatic rings. The van der Waals surface area contributed by atoms with E-state index < -0.39 is 0 Å². The van der Waals surface area contributed by atoms with Crippen LogP contribution in [0.15, 0.2) is 24.3 Å². The van der Waals surface area contributed by atoms with Crippen molar-refractivity contribution in [1.82, 2.24) is 0 Å². The summed E-state index contributed by atoms with van der Waals surface area (Å²) in [5, 5.41) is 8.70. The zero-order valence-electron chi connectivity index (χ0n) is 10.3. The first-order valence-electron chi connectivity index (χ1n) is 5.87. The van der Waals surface area contributed by atoms with Gasteiger partial charge in [-0.25, -0.2) is 0 Å². The third-order valence-electron chi connectivity index (χ3n) is 2.65. The van der Waals surface area contributed by atoms with E-state index in [1.807, 2.05) is 26.0 Å². The largest absolute Gasteiger partial charge is 0.493 e. The van der Waals surface area contributed by atoms with Crippen LogP contribution in [0, 0.1) is 17.2 Å². The highest BCUT2D eigenvalue weighted by atomic mass is 16.5. The van der Waals surface area contributed by atoms with Crippen LogP contribution in [0.5, 0.6) is 5.75 Å². The molecule has 0 aromatic heterocycles. The number of hydrogen-bond acceptors (Lipinski definition) is 3. The van der Waals surface area contributed by atoms with Gasteiger partial charge in [-0.05, 0) is 25.5 Å². The van der Waals surface area contributed by atoms with E-state index in [1.165, 1.54) is 0 Å². The first kappa shape index (κ1) is 13.2. The van der Waals surface area contributed by atoms with Gasteiger partial charge in [0.2, 0.25) is 0 Å². The van der Waals surface area contributed by atoms with Gasteiger partial charge in [0.1, 0.15) is 5.75 Å². The number of ketones is 1. The topological polar surface area (TPSA) is 50.1 Å². The van der Waals surface area contributed by atoms with Gasteiger partial charge < -0.3 is 4.74 Å². The van der Waals surface area contributed by atoms with Crippen LogP contribution in [-0.2, 0) is 0 Å². The molecule has 3 heteroatoms. The number of Topliss-reactive ketones (excluding diaryl/α,β-unsaturated/α-hetero) is 1. The Bertz CT molecular complexity index is 420. The fourth-order valence-corrected chi connectivity index (χ4v) is 1.70. The molecule has 0 aliphatic carbocycles. The maximum absolute atomic E-state index is 12.2. The summed E-state index contributed by atoms with van der Waals surface area (Å²) in [7, 11) is 0. The van der Waals surface area contributed by atoms with Crippen LogP contribution >= 0.6 is 0 Å². The van der Waals surface area contributed by atoms with Crippen LogP contribution in [0.3, 0.4) is 0 Å². The molecule has 0 heterocycles. The summed E-state index contributed by atoms with van der Waals surface area (Å²) in [4.78, 5) is 12.2. The van der Waals surface area contributed by atoms with Crippen molar-refractivity contribution < 1.29 is 9.53 Å². The van der Waals surface area contributed by atoms with E-state index in [2.05, 4.69) is 6.07 Å². The van der Waals surface area contributed by atoms with Crippen LogP contribution in [0.1, 0.15) is 37.0 Å². The number of nitrogens with zero attached hydrogens (tertiary/aromatic N) is 1. The second kappa shape index (κ2) is 6.70. The fourth-order valence-electron chi connectivity index (χ4n) is 1.70. The van der Waals surface area contributed by atoms with E-state index >= 15 is 0 Å². The summed E-state index contributed by atoms with van der Waals surface area (Å²) in [6.07, 6.45) is 0.933. The molecule has 1 rings (SSSR count). The maximum Gasteiger partial charge on any atom is 0.170 e. The van der Waals surface area contributed by atoms with Gasteiger partial charge >= 0.3 is 0 Å². The van der Waals surface area contributed by atoms with E-state index in [9.17, 15) is 4.79 Å². The Hall–Kier alpha value is -1.82. The molecule has 0 saturated heterocycles. The summed E-state index contributed by atoms with van der Waals surface area (Å²) in [6, 6.07) is 9.26. The molecule has 0 radical (unpaired) electrons. The quantitative estimate of drug-likeness (QED) is 0.706. The van der Waals surface area contributed by atoms with Crippen molar-refractivity contribution in [3.05, 3.63) is 29.8 Å². The van der Waals surface area contributed by atoms with E-state index in [1.54, 1.807) is 12.1 Å². The van der Waals surface area contributed by atoms with E-state index in [0.717, 1.165) is 0 Å². The Morgan fingerprint density at radius 1 is 1.41 bits per heavy atom. The van der Waals surface area contributed by atoms with Crippen LogP contribution in [0.25, 0.3) is 0 Å². The predicted molar refractivity (Wildman–Crippen MR) is 66.0 cm³/mol. The predicted octanol–water partition coefficient (Wildman–Crippen LogP) is 3.21. The molecular weight excluding hydrogens is 214 g/mol. The number of benzene rings is 1. The van der Waals surface area contributed by atoms with Crippen molar-refractivity contribution in [2.75, 3.05) is 6.61 Å². The van der Waals surface area contributed by atoms with E-state index in [4.69, 9.17) is 10.00 Å². The van der Waals surface area contributed by atoms with Crippen molar-refractivity contribution in [1.29, 1.82) is 5.26 Å². The number of hydrogen-bond donors (Lipinski definition) is 0. The average molecular weight is 231 g/mol. The summed E-state index contributed by atoms with van der Waals surface area (Å²) in [5.74, 6) is 0.371. The Labute approximate surface area is 102 Å². The molecule has 1 unspecified atom stereocenters. The lowest BCUT2D eigenvalue weighted by molar-refractivity contribution is 0.0915. The highest BCUT2D eigenvalue weighted by Gasteiger charge is 2.20. The summed E-state index contributed by atoms with van der Waals surface area (Å²) >= 11 is 0. The van der Waals surface area contributed by atoms with Crippen LogP contribution in [0.2, 0.25) is 0 Å². The Balaban J connectivity index is 2.98. The summed E-state index contributed by atoms with van der Waals surface area (Å²) < 4.78 is 5.43. The molecule has 17 heavy (non-hydrogen) atoms. The summed E-state index contributed by atoms with van der Waals surface area (Å²) in [5.41, 5.74) is 0.580. The first-order chi connectivity index (χ1) is 8.24. The highest BCUT2D eigenvalue weighted by Crippen LogP contribution is 2.24. The minimum absolute atomic E-state index is 0.00176. The first-order valence-corrected chi connectivity index (χ1v) is 5.87. The molecule has 1 atom stereocenters. The Morgan fingerprint density at radius 3 is 2.71 bits per heavy atom. The van der Waals surface area contributed by atoms with Gasteiger partial charge in [0.05, 0.1) is 18.2 Å². The molecule has 0 saturated carbocycles. The second-order valence-corrected chi connectivity index (χ2v) is 3.76. The SMILES string of the molecule is CCOc1ccccc1C(=O)C(CC)CC#N. The number of carbonyl (C=O) groups excluding carboxylic acids is 1. The van der Waals surface area contributed by atoms with Crippen molar-refractivity contribution in [2.24, 2.45) is 5.92 Å². The Kier molecular flexibility index (Phi) is 5.22. The lowest BCUT2D eigenvalue weighted by Gasteiger charge is -2.13. The van der Waals surface area contributed by atoms with Crippen LogP contribution in [0.4, 0.5) is 0 Å². The molecule has 0 aliphatic rings. The fraction of sp³-hybridized carbons (Fsp3) is 0.429. The molecule has 1 aromatic carbocycles. The normalized spacial score (nSPS) is 11.6. The molecule has 0 bridgehead atoms. The second-order valence-electron chi connectivity index (χ2n) is 3.76. The molecular formula is C14H17NO2. The van der Waals surface area contributed by atoms with Gasteiger partial charge in [0.15, 0.2) is 5.78 Å². The van der Waals surface area contributed by atoms with Crippen molar-refractivity contribution >= 4 is 5.78 Å². The monoisotopic (exact) mass is 231 g/mol. The third-order valence-corrected chi connectivity index (χ3v) is 2.65. The van der Waals surface area contributed by atoms with Crippen molar-refractivity contribution in [3.63, 3.8) is 0 Å². The van der Waals surface area contributed by atoms with Gasteiger partial charge in [0.25, 0.3) is 0 Å². The Morgan fingerprint density at radius 2 is 2.12 bits per heavy atom.